The van der Waals surface area contributed by atoms with E-state index in [1.807, 2.05) is 0 Å². The molecule has 2 heterocycles. The number of carbonyl (C=O) groups excluding carboxylic acids is 1. The standard InChI is InChI=1S/C20H25F3N4O3/c1-14(2)12-27-13-16(11-24-27)25-18(28)26-8-6-19(29,7-9-26)15-4-3-5-17(10-15)30-20(21,22)23/h3-5,10-11,13-14,29H,6-9,12H2,1-2H3,(H,25,28). The van der Waals surface area contributed by atoms with Crippen LogP contribution in [0.5, 0.6) is 5.75 Å². The summed E-state index contributed by atoms with van der Waals surface area (Å²) >= 11 is 0. The van der Waals surface area contributed by atoms with Crippen molar-refractivity contribution in [1.82, 2.24) is 14.7 Å². The number of halogens is 3. The summed E-state index contributed by atoms with van der Waals surface area (Å²) in [5.74, 6) is 0.0419. The van der Waals surface area contributed by atoms with E-state index in [1.54, 1.807) is 28.0 Å². The number of rotatable bonds is 5. The van der Waals surface area contributed by atoms with E-state index in [0.29, 0.717) is 17.2 Å². The van der Waals surface area contributed by atoms with Gasteiger partial charge in [-0.25, -0.2) is 4.79 Å². The lowest BCUT2D eigenvalue weighted by molar-refractivity contribution is -0.274. The Bertz CT molecular complexity index is 874. The van der Waals surface area contributed by atoms with Crippen LogP contribution < -0.4 is 10.1 Å². The van der Waals surface area contributed by atoms with Crippen LogP contribution in [0.25, 0.3) is 0 Å². The van der Waals surface area contributed by atoms with Crippen LogP contribution in [0.2, 0.25) is 0 Å². The summed E-state index contributed by atoms with van der Waals surface area (Å²) in [5.41, 5.74) is -0.415. The molecule has 164 valence electrons. The number of nitrogens with zero attached hydrogens (tertiary/aromatic N) is 3. The molecular formula is C20H25F3N4O3. The van der Waals surface area contributed by atoms with Crippen molar-refractivity contribution >= 4 is 11.7 Å². The number of hydrogen-bond acceptors (Lipinski definition) is 4. The summed E-state index contributed by atoms with van der Waals surface area (Å²) in [5, 5.41) is 17.9. The molecule has 2 N–H and O–H groups in total. The predicted octanol–water partition coefficient (Wildman–Crippen LogP) is 3.95. The molecule has 0 radical (unpaired) electrons. The summed E-state index contributed by atoms with van der Waals surface area (Å²) < 4.78 is 43.0. The van der Waals surface area contributed by atoms with Gasteiger partial charge in [-0.05, 0) is 36.5 Å². The zero-order valence-corrected chi connectivity index (χ0v) is 16.8. The fraction of sp³-hybridized carbons (Fsp3) is 0.500. The van der Waals surface area contributed by atoms with Crippen molar-refractivity contribution in [2.45, 2.75) is 45.2 Å². The Labute approximate surface area is 172 Å². The number of aromatic nitrogens is 2. The maximum atomic E-state index is 12.5. The SMILES string of the molecule is CC(C)Cn1cc(NC(=O)N2CCC(O)(c3cccc(OC(F)(F)F)c3)CC2)cn1. The summed E-state index contributed by atoms with van der Waals surface area (Å²) in [6.45, 7) is 5.39. The Morgan fingerprint density at radius 3 is 2.67 bits per heavy atom. The van der Waals surface area contributed by atoms with Gasteiger partial charge in [0.1, 0.15) is 5.75 Å². The van der Waals surface area contributed by atoms with E-state index < -0.39 is 12.0 Å². The zero-order chi connectivity index (χ0) is 21.9. The monoisotopic (exact) mass is 426 g/mol. The molecule has 10 heteroatoms. The van der Waals surface area contributed by atoms with Crippen molar-refractivity contribution in [3.8, 4) is 5.75 Å². The topological polar surface area (TPSA) is 79.6 Å². The van der Waals surface area contributed by atoms with Crippen LogP contribution in [0.1, 0.15) is 32.3 Å². The molecule has 3 rings (SSSR count). The summed E-state index contributed by atoms with van der Waals surface area (Å²) in [7, 11) is 0. The number of urea groups is 1. The average molecular weight is 426 g/mol. The fourth-order valence-electron chi connectivity index (χ4n) is 3.46. The third kappa shape index (κ3) is 5.65. The van der Waals surface area contributed by atoms with E-state index in [4.69, 9.17) is 0 Å². The summed E-state index contributed by atoms with van der Waals surface area (Å²) in [6.07, 6.45) is -1.08. The minimum atomic E-state index is -4.80. The van der Waals surface area contributed by atoms with Gasteiger partial charge in [0.2, 0.25) is 0 Å². The maximum absolute atomic E-state index is 12.5. The first-order valence-electron chi connectivity index (χ1n) is 9.71. The molecule has 1 aromatic heterocycles. The molecule has 0 aliphatic carbocycles. The van der Waals surface area contributed by atoms with Gasteiger partial charge in [-0.15, -0.1) is 13.2 Å². The quantitative estimate of drug-likeness (QED) is 0.759. The number of anilines is 1. The second-order valence-electron chi connectivity index (χ2n) is 7.87. The lowest BCUT2D eigenvalue weighted by Crippen LogP contribution is -2.46. The number of amides is 2. The first-order valence-corrected chi connectivity index (χ1v) is 9.71. The van der Waals surface area contributed by atoms with Crippen molar-refractivity contribution < 1.29 is 27.8 Å². The van der Waals surface area contributed by atoms with Crippen molar-refractivity contribution in [1.29, 1.82) is 0 Å². The van der Waals surface area contributed by atoms with Crippen molar-refractivity contribution in [3.05, 3.63) is 42.2 Å². The van der Waals surface area contributed by atoms with Gasteiger partial charge in [-0.1, -0.05) is 26.0 Å². The average Bonchev–Trinajstić information content (AvgIpc) is 3.07. The van der Waals surface area contributed by atoms with Gasteiger partial charge in [-0.2, -0.15) is 5.10 Å². The lowest BCUT2D eigenvalue weighted by Gasteiger charge is -2.38. The van der Waals surface area contributed by atoms with Gasteiger partial charge in [0, 0.05) is 25.8 Å². The zero-order valence-electron chi connectivity index (χ0n) is 16.8. The van der Waals surface area contributed by atoms with Gasteiger partial charge in [-0.3, -0.25) is 4.68 Å². The van der Waals surface area contributed by atoms with E-state index in [0.717, 1.165) is 6.54 Å². The number of benzene rings is 1. The number of carbonyl (C=O) groups is 1. The molecule has 0 atom stereocenters. The molecule has 1 saturated heterocycles. The number of aliphatic hydroxyl groups is 1. The molecule has 0 bridgehead atoms. The number of hydrogen-bond donors (Lipinski definition) is 2. The Balaban J connectivity index is 1.59. The molecule has 1 fully saturated rings. The summed E-state index contributed by atoms with van der Waals surface area (Å²) in [4.78, 5) is 14.1. The van der Waals surface area contributed by atoms with Gasteiger partial charge in [0.15, 0.2) is 0 Å². The first kappa shape index (κ1) is 21.9. The van der Waals surface area contributed by atoms with Crippen LogP contribution in [-0.4, -0.2) is 45.3 Å². The van der Waals surface area contributed by atoms with Gasteiger partial charge in [0.25, 0.3) is 0 Å². The molecule has 0 unspecified atom stereocenters. The van der Waals surface area contributed by atoms with Crippen molar-refractivity contribution in [2.75, 3.05) is 18.4 Å². The Morgan fingerprint density at radius 2 is 2.03 bits per heavy atom. The lowest BCUT2D eigenvalue weighted by atomic mass is 9.84. The molecule has 0 saturated carbocycles. The highest BCUT2D eigenvalue weighted by molar-refractivity contribution is 5.89. The number of nitrogens with one attached hydrogen (secondary N) is 1. The Morgan fingerprint density at radius 1 is 1.33 bits per heavy atom. The second-order valence-corrected chi connectivity index (χ2v) is 7.87. The predicted molar refractivity (Wildman–Crippen MR) is 104 cm³/mol. The second kappa shape index (κ2) is 8.55. The number of piperidine rings is 1. The highest BCUT2D eigenvalue weighted by Crippen LogP contribution is 2.35. The van der Waals surface area contributed by atoms with E-state index >= 15 is 0 Å². The van der Waals surface area contributed by atoms with Gasteiger partial charge >= 0.3 is 12.4 Å². The highest BCUT2D eigenvalue weighted by atomic mass is 19.4. The molecule has 7 nitrogen and oxygen atoms in total. The fourth-order valence-corrected chi connectivity index (χ4v) is 3.46. The Hall–Kier alpha value is -2.75. The molecule has 1 aromatic carbocycles. The van der Waals surface area contributed by atoms with E-state index in [9.17, 15) is 23.1 Å². The Kier molecular flexibility index (Phi) is 6.25. The van der Waals surface area contributed by atoms with Gasteiger partial charge < -0.3 is 20.1 Å². The van der Waals surface area contributed by atoms with Gasteiger partial charge in [0.05, 0.1) is 17.5 Å². The van der Waals surface area contributed by atoms with Crippen molar-refractivity contribution in [2.24, 2.45) is 5.92 Å². The minimum Gasteiger partial charge on any atom is -0.406 e. The normalized spacial score (nSPS) is 16.6. The van der Waals surface area contributed by atoms with E-state index in [2.05, 4.69) is 29.0 Å². The third-order valence-corrected chi connectivity index (χ3v) is 4.92. The molecule has 2 amide bonds. The van der Waals surface area contributed by atoms with Crippen LogP contribution in [0.4, 0.5) is 23.7 Å². The largest absolute Gasteiger partial charge is 0.573 e. The number of alkyl halides is 3. The number of likely N-dealkylation sites (tertiary alicyclic amines) is 1. The molecular weight excluding hydrogens is 401 g/mol. The summed E-state index contributed by atoms with van der Waals surface area (Å²) in [6, 6.07) is 5.02. The molecule has 1 aliphatic heterocycles. The first-order chi connectivity index (χ1) is 14.0. The molecule has 0 spiro atoms. The highest BCUT2D eigenvalue weighted by Gasteiger charge is 2.37. The van der Waals surface area contributed by atoms with E-state index in [1.165, 1.54) is 18.2 Å². The minimum absolute atomic E-state index is 0.197. The van der Waals surface area contributed by atoms with Crippen LogP contribution in [0.3, 0.4) is 0 Å². The third-order valence-electron chi connectivity index (χ3n) is 4.92. The molecule has 30 heavy (non-hydrogen) atoms. The van der Waals surface area contributed by atoms with Crippen LogP contribution in [0.15, 0.2) is 36.7 Å². The van der Waals surface area contributed by atoms with Crippen LogP contribution in [-0.2, 0) is 12.1 Å². The maximum Gasteiger partial charge on any atom is 0.573 e. The molecule has 2 aromatic rings. The van der Waals surface area contributed by atoms with Crippen molar-refractivity contribution in [3.63, 3.8) is 0 Å². The molecule has 1 aliphatic rings. The number of ether oxygens (including phenoxy) is 1. The smallest absolute Gasteiger partial charge is 0.406 e. The van der Waals surface area contributed by atoms with Crippen LogP contribution in [0, 0.1) is 5.92 Å². The van der Waals surface area contributed by atoms with Crippen LogP contribution >= 0.6 is 0 Å². The van der Waals surface area contributed by atoms with E-state index in [-0.39, 0.29) is 37.7 Å².